The molecule has 0 aromatic carbocycles. The third kappa shape index (κ3) is 2.54. The highest BCUT2D eigenvalue weighted by Crippen LogP contribution is 2.80. The van der Waals surface area contributed by atoms with Crippen LogP contribution >= 0.6 is 0 Å². The van der Waals surface area contributed by atoms with Crippen LogP contribution in [0.3, 0.4) is 0 Å². The van der Waals surface area contributed by atoms with Crippen molar-refractivity contribution in [1.82, 2.24) is 0 Å². The molecule has 0 aromatic rings. The Hall–Kier alpha value is -1.32. The number of hydrogen-bond donors (Lipinski definition) is 0. The number of fused-ring (bicyclic) bond motifs is 2. The lowest BCUT2D eigenvalue weighted by Crippen LogP contribution is -2.61. The van der Waals surface area contributed by atoms with Crippen molar-refractivity contribution in [2.75, 3.05) is 0 Å². The first kappa shape index (κ1) is 22.0. The summed E-state index contributed by atoms with van der Waals surface area (Å²) in [5.41, 5.74) is -2.53. The topological polar surface area (TPSA) is 52.6 Å². The molecule has 0 aromatic heterocycles. The maximum absolute atomic E-state index is 13.7. The predicted octanol–water partition coefficient (Wildman–Crippen LogP) is 5.45. The fourth-order valence-corrected chi connectivity index (χ4v) is 6.51. The largest absolute Gasteiger partial charge is 0.462 e. The molecule has 4 nitrogen and oxygen atoms in total. The van der Waals surface area contributed by atoms with Crippen LogP contribution in [0.5, 0.6) is 0 Å². The van der Waals surface area contributed by atoms with Crippen LogP contribution in [0.25, 0.3) is 0 Å². The van der Waals surface area contributed by atoms with Gasteiger partial charge < -0.3 is 9.47 Å². The van der Waals surface area contributed by atoms with Crippen molar-refractivity contribution < 1.29 is 19.1 Å². The van der Waals surface area contributed by atoms with E-state index >= 15 is 0 Å². The summed E-state index contributed by atoms with van der Waals surface area (Å²) in [7, 11) is 0. The fourth-order valence-electron chi connectivity index (χ4n) is 6.51. The number of ether oxygens (including phenoxy) is 2. The maximum Gasteiger partial charge on any atom is 0.314 e. The van der Waals surface area contributed by atoms with Gasteiger partial charge in [0.25, 0.3) is 0 Å². The van der Waals surface area contributed by atoms with Crippen molar-refractivity contribution in [2.45, 2.75) is 99.7 Å². The second-order valence-electron chi connectivity index (χ2n) is 8.96. The van der Waals surface area contributed by atoms with Gasteiger partial charge in [0.2, 0.25) is 0 Å². The van der Waals surface area contributed by atoms with Gasteiger partial charge >= 0.3 is 11.9 Å². The molecule has 4 atom stereocenters. The Bertz CT molecular complexity index is 570. The van der Waals surface area contributed by atoms with Crippen molar-refractivity contribution in [2.24, 2.45) is 21.7 Å². The van der Waals surface area contributed by atoms with E-state index in [9.17, 15) is 9.59 Å². The van der Waals surface area contributed by atoms with Crippen LogP contribution in [0.2, 0.25) is 0 Å². The van der Waals surface area contributed by atoms with Gasteiger partial charge in [0.05, 0.1) is 23.0 Å². The average Bonchev–Trinajstić information content (AvgIpc) is 3.09. The Morgan fingerprint density at radius 1 is 0.741 bits per heavy atom. The number of allylic oxidation sites excluding steroid dienone is 2. The van der Waals surface area contributed by atoms with E-state index in [4.69, 9.17) is 9.47 Å². The summed E-state index contributed by atoms with van der Waals surface area (Å²) in [6.07, 6.45) is 7.58. The molecule has 0 heterocycles. The summed E-state index contributed by atoms with van der Waals surface area (Å²) in [5.74, 6) is -0.465. The second-order valence-corrected chi connectivity index (χ2v) is 8.96. The lowest BCUT2D eigenvalue weighted by atomic mass is 9.47. The summed E-state index contributed by atoms with van der Waals surface area (Å²) in [4.78, 5) is 27.4. The standard InChI is InChI=1S/C23H38O4/c1-9-20-13-14-21(10-2,15-20)23(12-4,19(25)27-17(7)8)22(20,11-3)18(24)26-16(5)6/h13-14,16-17H,9-12,15H2,1-8H3. The summed E-state index contributed by atoms with van der Waals surface area (Å²) in [6, 6.07) is 0. The van der Waals surface area contributed by atoms with Crippen LogP contribution in [-0.2, 0) is 19.1 Å². The summed E-state index contributed by atoms with van der Waals surface area (Å²) in [6.45, 7) is 15.8. The molecule has 2 aliphatic carbocycles. The van der Waals surface area contributed by atoms with Gasteiger partial charge in [-0.05, 0) is 59.8 Å². The van der Waals surface area contributed by atoms with Crippen molar-refractivity contribution in [3.05, 3.63) is 12.2 Å². The van der Waals surface area contributed by atoms with Gasteiger partial charge in [0.1, 0.15) is 0 Å². The van der Waals surface area contributed by atoms with Crippen molar-refractivity contribution in [1.29, 1.82) is 0 Å². The fraction of sp³-hybridized carbons (Fsp3) is 0.826. The first-order valence-electron chi connectivity index (χ1n) is 10.7. The zero-order valence-electron chi connectivity index (χ0n) is 18.5. The summed E-state index contributed by atoms with van der Waals surface area (Å²) in [5, 5.41) is 0. The maximum atomic E-state index is 13.7. The van der Waals surface area contributed by atoms with Gasteiger partial charge in [-0.3, -0.25) is 9.59 Å². The number of rotatable bonds is 8. The lowest BCUT2D eigenvalue weighted by Gasteiger charge is -2.54. The Morgan fingerprint density at radius 3 is 1.30 bits per heavy atom. The minimum absolute atomic E-state index is 0.216. The molecule has 4 unspecified atom stereocenters. The Labute approximate surface area is 165 Å². The molecule has 2 bridgehead atoms. The monoisotopic (exact) mass is 378 g/mol. The number of carbonyl (C=O) groups is 2. The Balaban J connectivity index is 2.83. The van der Waals surface area contributed by atoms with Gasteiger partial charge in [0.15, 0.2) is 0 Å². The SMILES string of the molecule is CCC12C=CC(CC)(C1)C(CC)(C(=O)OC(C)C)C2(CC)C(=O)OC(C)C. The highest BCUT2D eigenvalue weighted by atomic mass is 16.6. The van der Waals surface area contributed by atoms with Crippen molar-refractivity contribution >= 4 is 11.9 Å². The zero-order valence-corrected chi connectivity index (χ0v) is 18.5. The molecule has 27 heavy (non-hydrogen) atoms. The molecule has 0 saturated heterocycles. The number of esters is 2. The molecule has 0 spiro atoms. The summed E-state index contributed by atoms with van der Waals surface area (Å²) >= 11 is 0. The third-order valence-corrected chi connectivity index (χ3v) is 7.49. The van der Waals surface area contributed by atoms with E-state index in [1.54, 1.807) is 0 Å². The van der Waals surface area contributed by atoms with Crippen LogP contribution in [0.15, 0.2) is 12.2 Å². The minimum Gasteiger partial charge on any atom is -0.462 e. The molecule has 2 rings (SSSR count). The molecular weight excluding hydrogens is 340 g/mol. The second kappa shape index (κ2) is 7.25. The van der Waals surface area contributed by atoms with Gasteiger partial charge in [-0.1, -0.05) is 39.8 Å². The molecule has 1 fully saturated rings. The van der Waals surface area contributed by atoms with Gasteiger partial charge in [-0.2, -0.15) is 0 Å². The molecule has 0 amide bonds. The van der Waals surface area contributed by atoms with Gasteiger partial charge in [0, 0.05) is 10.8 Å². The summed E-state index contributed by atoms with van der Waals surface area (Å²) < 4.78 is 11.7. The average molecular weight is 379 g/mol. The zero-order chi connectivity index (χ0) is 20.7. The number of hydrogen-bond acceptors (Lipinski definition) is 4. The molecule has 0 aliphatic heterocycles. The third-order valence-electron chi connectivity index (χ3n) is 7.49. The highest BCUT2D eigenvalue weighted by molar-refractivity contribution is 5.93. The van der Waals surface area contributed by atoms with Gasteiger partial charge in [-0.15, -0.1) is 0 Å². The first-order valence-corrected chi connectivity index (χ1v) is 10.7. The van der Waals surface area contributed by atoms with E-state index in [-0.39, 0.29) is 35.0 Å². The lowest BCUT2D eigenvalue weighted by molar-refractivity contribution is -0.199. The Morgan fingerprint density at radius 2 is 1.07 bits per heavy atom. The molecule has 2 aliphatic rings. The van der Waals surface area contributed by atoms with Crippen LogP contribution in [-0.4, -0.2) is 24.1 Å². The quantitative estimate of drug-likeness (QED) is 0.416. The van der Waals surface area contributed by atoms with Crippen LogP contribution in [0, 0.1) is 21.7 Å². The molecule has 154 valence electrons. The van der Waals surface area contributed by atoms with Crippen LogP contribution in [0.4, 0.5) is 0 Å². The number of carbonyl (C=O) groups excluding carboxylic acids is 2. The van der Waals surface area contributed by atoms with Crippen molar-refractivity contribution in [3.8, 4) is 0 Å². The smallest absolute Gasteiger partial charge is 0.314 e. The van der Waals surface area contributed by atoms with E-state index in [1.165, 1.54) is 0 Å². The van der Waals surface area contributed by atoms with Crippen LogP contribution < -0.4 is 0 Å². The molecule has 0 radical (unpaired) electrons. The van der Waals surface area contributed by atoms with E-state index < -0.39 is 10.8 Å². The molecule has 1 saturated carbocycles. The predicted molar refractivity (Wildman–Crippen MR) is 107 cm³/mol. The van der Waals surface area contributed by atoms with Crippen LogP contribution in [0.1, 0.15) is 87.5 Å². The van der Waals surface area contributed by atoms with E-state index in [0.717, 1.165) is 19.3 Å². The molecule has 4 heteroatoms. The van der Waals surface area contributed by atoms with E-state index in [0.29, 0.717) is 12.8 Å². The highest BCUT2D eigenvalue weighted by Gasteiger charge is 2.82. The van der Waals surface area contributed by atoms with E-state index in [1.807, 2.05) is 41.5 Å². The first-order chi connectivity index (χ1) is 12.6. The molecular formula is C23H38O4. The van der Waals surface area contributed by atoms with Crippen molar-refractivity contribution in [3.63, 3.8) is 0 Å². The molecule has 0 N–H and O–H groups in total. The Kier molecular flexibility index (Phi) is 5.90. The van der Waals surface area contributed by atoms with Gasteiger partial charge in [-0.25, -0.2) is 0 Å². The minimum atomic E-state index is -0.898. The normalized spacial score (nSPS) is 37.3. The van der Waals surface area contributed by atoms with E-state index in [2.05, 4.69) is 26.0 Å².